The van der Waals surface area contributed by atoms with Crippen molar-refractivity contribution in [1.29, 1.82) is 0 Å². The molecule has 120 valence electrons. The molecular weight excluding hydrogens is 292 g/mol. The molecule has 0 bridgehead atoms. The van der Waals surface area contributed by atoms with E-state index in [0.717, 1.165) is 12.8 Å². The summed E-state index contributed by atoms with van der Waals surface area (Å²) >= 11 is 0. The minimum absolute atomic E-state index is 0.0695. The Balaban J connectivity index is 1.81. The van der Waals surface area contributed by atoms with Gasteiger partial charge in [0.25, 0.3) is 0 Å². The molecule has 0 aromatic heterocycles. The van der Waals surface area contributed by atoms with Crippen LogP contribution in [-0.2, 0) is 4.79 Å². The fraction of sp³-hybridized carbons (Fsp3) is 0.438. The summed E-state index contributed by atoms with van der Waals surface area (Å²) in [5, 5.41) is 12.8. The lowest BCUT2D eigenvalue weighted by Gasteiger charge is -2.21. The molecule has 2 rings (SSSR count). The SMILES string of the molecule is O=C(/C=C/c1ccc(OC(F)F)cc1)NCC1(O)CCCC1. The van der Waals surface area contributed by atoms with E-state index >= 15 is 0 Å². The first-order valence-corrected chi connectivity index (χ1v) is 7.20. The lowest BCUT2D eigenvalue weighted by Crippen LogP contribution is -2.40. The third-order valence-corrected chi connectivity index (χ3v) is 3.66. The van der Waals surface area contributed by atoms with Gasteiger partial charge in [-0.05, 0) is 36.6 Å². The van der Waals surface area contributed by atoms with Gasteiger partial charge in [0.2, 0.25) is 5.91 Å². The summed E-state index contributed by atoms with van der Waals surface area (Å²) in [7, 11) is 0. The topological polar surface area (TPSA) is 58.6 Å². The number of benzene rings is 1. The maximum Gasteiger partial charge on any atom is 0.387 e. The molecule has 4 nitrogen and oxygen atoms in total. The summed E-state index contributed by atoms with van der Waals surface area (Å²) in [4.78, 5) is 11.7. The number of rotatable bonds is 6. The van der Waals surface area contributed by atoms with Crippen LogP contribution >= 0.6 is 0 Å². The van der Waals surface area contributed by atoms with Gasteiger partial charge in [0.05, 0.1) is 5.60 Å². The van der Waals surface area contributed by atoms with E-state index in [1.807, 2.05) is 0 Å². The van der Waals surface area contributed by atoms with Gasteiger partial charge in [0.1, 0.15) is 5.75 Å². The van der Waals surface area contributed by atoms with E-state index in [2.05, 4.69) is 10.1 Å². The normalized spacial score (nSPS) is 17.1. The molecule has 6 heteroatoms. The number of hydrogen-bond acceptors (Lipinski definition) is 3. The highest BCUT2D eigenvalue weighted by atomic mass is 19.3. The Morgan fingerprint density at radius 2 is 1.95 bits per heavy atom. The Morgan fingerprint density at radius 1 is 1.32 bits per heavy atom. The monoisotopic (exact) mass is 311 g/mol. The van der Waals surface area contributed by atoms with Crippen molar-refractivity contribution < 1.29 is 23.4 Å². The molecule has 1 saturated carbocycles. The zero-order valence-electron chi connectivity index (χ0n) is 12.1. The first kappa shape index (κ1) is 16.4. The smallest absolute Gasteiger partial charge is 0.387 e. The molecule has 1 aromatic rings. The van der Waals surface area contributed by atoms with E-state index in [4.69, 9.17) is 0 Å². The van der Waals surface area contributed by atoms with Crippen LogP contribution < -0.4 is 10.1 Å². The van der Waals surface area contributed by atoms with Crippen molar-refractivity contribution in [3.63, 3.8) is 0 Å². The first-order chi connectivity index (χ1) is 10.5. The molecule has 0 radical (unpaired) electrons. The number of hydrogen-bond donors (Lipinski definition) is 2. The molecule has 1 fully saturated rings. The van der Waals surface area contributed by atoms with Crippen molar-refractivity contribution in [2.24, 2.45) is 0 Å². The van der Waals surface area contributed by atoms with Gasteiger partial charge >= 0.3 is 6.61 Å². The Hall–Kier alpha value is -1.95. The van der Waals surface area contributed by atoms with Gasteiger partial charge in [0, 0.05) is 12.6 Å². The second kappa shape index (κ2) is 7.35. The minimum atomic E-state index is -2.85. The minimum Gasteiger partial charge on any atom is -0.435 e. The van der Waals surface area contributed by atoms with Crippen molar-refractivity contribution in [1.82, 2.24) is 5.32 Å². The van der Waals surface area contributed by atoms with Crippen LogP contribution in [0.4, 0.5) is 8.78 Å². The second-order valence-electron chi connectivity index (χ2n) is 5.43. The van der Waals surface area contributed by atoms with Crippen LogP contribution in [0.15, 0.2) is 30.3 Å². The third kappa shape index (κ3) is 5.11. The van der Waals surface area contributed by atoms with Gasteiger partial charge in [0.15, 0.2) is 0 Å². The van der Waals surface area contributed by atoms with Crippen LogP contribution in [0, 0.1) is 0 Å². The molecule has 0 spiro atoms. The molecule has 22 heavy (non-hydrogen) atoms. The largest absolute Gasteiger partial charge is 0.435 e. The summed E-state index contributed by atoms with van der Waals surface area (Å²) in [5.41, 5.74) is -0.0889. The molecule has 0 heterocycles. The Morgan fingerprint density at radius 3 is 2.55 bits per heavy atom. The third-order valence-electron chi connectivity index (χ3n) is 3.66. The molecule has 0 atom stereocenters. The maximum atomic E-state index is 12.0. The predicted octanol–water partition coefficient (Wildman–Crippen LogP) is 2.72. The van der Waals surface area contributed by atoms with Gasteiger partial charge in [-0.2, -0.15) is 8.78 Å². The number of carbonyl (C=O) groups is 1. The van der Waals surface area contributed by atoms with Gasteiger partial charge < -0.3 is 15.2 Å². The van der Waals surface area contributed by atoms with Crippen molar-refractivity contribution in [2.75, 3.05) is 6.54 Å². The molecule has 0 aliphatic heterocycles. The van der Waals surface area contributed by atoms with E-state index in [0.29, 0.717) is 18.4 Å². The molecule has 1 aromatic carbocycles. The highest BCUT2D eigenvalue weighted by Gasteiger charge is 2.30. The molecular formula is C16H19F2NO3. The predicted molar refractivity (Wildman–Crippen MR) is 78.5 cm³/mol. The summed E-state index contributed by atoms with van der Waals surface area (Å²) < 4.78 is 28.3. The maximum absolute atomic E-state index is 12.0. The Kier molecular flexibility index (Phi) is 5.49. The Labute approximate surface area is 127 Å². The summed E-state index contributed by atoms with van der Waals surface area (Å²) in [6.45, 7) is -2.61. The molecule has 0 unspecified atom stereocenters. The van der Waals surface area contributed by atoms with E-state index in [-0.39, 0.29) is 18.2 Å². The van der Waals surface area contributed by atoms with Crippen LogP contribution in [-0.4, -0.2) is 29.8 Å². The van der Waals surface area contributed by atoms with E-state index in [9.17, 15) is 18.7 Å². The number of alkyl halides is 2. The number of nitrogens with one attached hydrogen (secondary N) is 1. The van der Waals surface area contributed by atoms with Gasteiger partial charge in [-0.15, -0.1) is 0 Å². The molecule has 0 saturated heterocycles. The van der Waals surface area contributed by atoms with Gasteiger partial charge in [-0.3, -0.25) is 4.79 Å². The van der Waals surface area contributed by atoms with Crippen LogP contribution in [0.5, 0.6) is 5.75 Å². The summed E-state index contributed by atoms with van der Waals surface area (Å²) in [6, 6.07) is 5.97. The van der Waals surface area contributed by atoms with Crippen LogP contribution in [0.1, 0.15) is 31.2 Å². The van der Waals surface area contributed by atoms with Crippen molar-refractivity contribution in [3.8, 4) is 5.75 Å². The average molecular weight is 311 g/mol. The lowest BCUT2D eigenvalue weighted by atomic mass is 10.0. The van der Waals surface area contributed by atoms with E-state index in [1.54, 1.807) is 18.2 Å². The highest BCUT2D eigenvalue weighted by molar-refractivity contribution is 5.91. The second-order valence-corrected chi connectivity index (χ2v) is 5.43. The standard InChI is InChI=1S/C16H19F2NO3/c17-15(18)22-13-6-3-12(4-7-13)5-8-14(20)19-11-16(21)9-1-2-10-16/h3-8,15,21H,1-2,9-11H2,(H,19,20)/b8-5+. The van der Waals surface area contributed by atoms with E-state index in [1.165, 1.54) is 18.2 Å². The lowest BCUT2D eigenvalue weighted by molar-refractivity contribution is -0.117. The molecule has 1 aliphatic carbocycles. The van der Waals surface area contributed by atoms with E-state index < -0.39 is 12.2 Å². The zero-order valence-corrected chi connectivity index (χ0v) is 12.1. The number of ether oxygens (including phenoxy) is 1. The van der Waals surface area contributed by atoms with Crippen molar-refractivity contribution >= 4 is 12.0 Å². The van der Waals surface area contributed by atoms with Crippen LogP contribution in [0.2, 0.25) is 0 Å². The van der Waals surface area contributed by atoms with Crippen LogP contribution in [0.3, 0.4) is 0 Å². The number of halogens is 2. The van der Waals surface area contributed by atoms with Crippen molar-refractivity contribution in [2.45, 2.75) is 37.9 Å². The average Bonchev–Trinajstić information content (AvgIpc) is 2.91. The van der Waals surface area contributed by atoms with Crippen LogP contribution in [0.25, 0.3) is 6.08 Å². The summed E-state index contributed by atoms with van der Waals surface area (Å²) in [6.07, 6.45) is 6.30. The quantitative estimate of drug-likeness (QED) is 0.794. The molecule has 1 aliphatic rings. The fourth-order valence-corrected chi connectivity index (χ4v) is 2.45. The van der Waals surface area contributed by atoms with Gasteiger partial charge in [-0.1, -0.05) is 25.0 Å². The summed E-state index contributed by atoms with van der Waals surface area (Å²) in [5.74, 6) is -0.228. The molecule has 1 amide bonds. The fourth-order valence-electron chi connectivity index (χ4n) is 2.45. The first-order valence-electron chi connectivity index (χ1n) is 7.20. The highest BCUT2D eigenvalue weighted by Crippen LogP contribution is 2.28. The molecule has 2 N–H and O–H groups in total. The zero-order chi connectivity index (χ0) is 16.0. The van der Waals surface area contributed by atoms with Gasteiger partial charge in [-0.25, -0.2) is 0 Å². The Bertz CT molecular complexity index is 523. The number of amides is 1. The number of carbonyl (C=O) groups excluding carboxylic acids is 1. The van der Waals surface area contributed by atoms with Crippen molar-refractivity contribution in [3.05, 3.63) is 35.9 Å². The number of aliphatic hydroxyl groups is 1.